The lowest BCUT2D eigenvalue weighted by Gasteiger charge is -2.28. The number of rotatable bonds is 7. The van der Waals surface area contributed by atoms with Crippen LogP contribution in [0.15, 0.2) is 4.99 Å². The molecule has 19 heavy (non-hydrogen) atoms. The number of hydrogen-bond donors (Lipinski definition) is 2. The fourth-order valence-electron chi connectivity index (χ4n) is 2.38. The molecule has 1 saturated carbocycles. The van der Waals surface area contributed by atoms with Crippen molar-refractivity contribution in [2.45, 2.75) is 58.4 Å². The zero-order chi connectivity index (χ0) is 13.9. The van der Waals surface area contributed by atoms with E-state index in [4.69, 9.17) is 4.74 Å². The highest BCUT2D eigenvalue weighted by molar-refractivity contribution is 5.79. The topological polar surface area (TPSA) is 45.6 Å². The number of nitrogens with one attached hydrogen (secondary N) is 2. The van der Waals surface area contributed by atoms with Gasteiger partial charge >= 0.3 is 0 Å². The zero-order valence-electron chi connectivity index (χ0n) is 12.9. The fourth-order valence-corrected chi connectivity index (χ4v) is 2.38. The third kappa shape index (κ3) is 7.41. The molecule has 0 aliphatic heterocycles. The van der Waals surface area contributed by atoms with E-state index in [0.717, 1.165) is 38.1 Å². The minimum atomic E-state index is 0.586. The van der Waals surface area contributed by atoms with Crippen LogP contribution >= 0.6 is 0 Å². The second-order valence-electron chi connectivity index (χ2n) is 5.57. The third-order valence-electron chi connectivity index (χ3n) is 3.76. The molecular formula is C15H31N3O. The largest absolute Gasteiger partial charge is 0.380 e. The number of guanidine groups is 1. The number of hydrogen-bond acceptors (Lipinski definition) is 2. The monoisotopic (exact) mass is 269 g/mol. The van der Waals surface area contributed by atoms with Gasteiger partial charge in [0.15, 0.2) is 5.96 Å². The van der Waals surface area contributed by atoms with Crippen LogP contribution in [0.25, 0.3) is 0 Å². The summed E-state index contributed by atoms with van der Waals surface area (Å²) in [6, 6.07) is 0.586. The highest BCUT2D eigenvalue weighted by Gasteiger charge is 2.18. The van der Waals surface area contributed by atoms with E-state index in [1.807, 2.05) is 7.05 Å². The van der Waals surface area contributed by atoms with Gasteiger partial charge in [0.2, 0.25) is 0 Å². The molecule has 1 rings (SSSR count). The normalized spacial score (nSPS) is 24.3. The SMILES string of the molecule is CCCCOCCNC(=NC)NC1CCC(C)CC1. The Labute approximate surface area is 118 Å². The van der Waals surface area contributed by atoms with Crippen LogP contribution in [0.1, 0.15) is 52.4 Å². The average molecular weight is 269 g/mol. The Balaban J connectivity index is 2.09. The highest BCUT2D eigenvalue weighted by atomic mass is 16.5. The molecule has 0 aromatic rings. The molecule has 0 aromatic heterocycles. The summed E-state index contributed by atoms with van der Waals surface area (Å²) in [5.74, 6) is 1.80. The summed E-state index contributed by atoms with van der Waals surface area (Å²) in [5, 5.41) is 6.83. The predicted molar refractivity (Wildman–Crippen MR) is 81.6 cm³/mol. The van der Waals surface area contributed by atoms with Gasteiger partial charge in [-0.1, -0.05) is 20.3 Å². The van der Waals surface area contributed by atoms with Crippen LogP contribution in [-0.2, 0) is 4.74 Å². The van der Waals surface area contributed by atoms with Crippen molar-refractivity contribution in [2.24, 2.45) is 10.9 Å². The van der Waals surface area contributed by atoms with Gasteiger partial charge in [0.25, 0.3) is 0 Å². The van der Waals surface area contributed by atoms with Crippen molar-refractivity contribution < 1.29 is 4.74 Å². The summed E-state index contributed by atoms with van der Waals surface area (Å²) in [5.41, 5.74) is 0. The summed E-state index contributed by atoms with van der Waals surface area (Å²) in [7, 11) is 1.83. The van der Waals surface area contributed by atoms with E-state index < -0.39 is 0 Å². The maximum atomic E-state index is 5.53. The molecule has 112 valence electrons. The molecule has 2 N–H and O–H groups in total. The first kappa shape index (κ1) is 16.3. The first-order valence-corrected chi connectivity index (χ1v) is 7.81. The summed E-state index contributed by atoms with van der Waals surface area (Å²) in [6.45, 7) is 6.97. The molecule has 1 fully saturated rings. The van der Waals surface area contributed by atoms with Gasteiger partial charge in [-0.3, -0.25) is 4.99 Å². The molecule has 0 bridgehead atoms. The quantitative estimate of drug-likeness (QED) is 0.424. The van der Waals surface area contributed by atoms with Gasteiger partial charge in [-0.2, -0.15) is 0 Å². The smallest absolute Gasteiger partial charge is 0.191 e. The third-order valence-corrected chi connectivity index (χ3v) is 3.76. The standard InChI is InChI=1S/C15H31N3O/c1-4-5-11-19-12-10-17-15(16-3)18-14-8-6-13(2)7-9-14/h13-14H,4-12H2,1-3H3,(H2,16,17,18). The highest BCUT2D eigenvalue weighted by Crippen LogP contribution is 2.23. The van der Waals surface area contributed by atoms with Crippen LogP contribution in [0.4, 0.5) is 0 Å². The molecule has 1 aliphatic rings. The van der Waals surface area contributed by atoms with Gasteiger partial charge in [0.05, 0.1) is 6.61 Å². The second kappa shape index (κ2) is 10.1. The molecule has 0 spiro atoms. The molecule has 0 saturated heterocycles. The number of unbranched alkanes of at least 4 members (excludes halogenated alkanes) is 1. The zero-order valence-corrected chi connectivity index (χ0v) is 12.9. The van der Waals surface area contributed by atoms with Crippen molar-refractivity contribution in [1.82, 2.24) is 10.6 Å². The molecule has 4 heteroatoms. The molecular weight excluding hydrogens is 238 g/mol. The molecule has 0 amide bonds. The summed E-state index contributed by atoms with van der Waals surface area (Å²) in [6.07, 6.45) is 7.51. The molecule has 0 radical (unpaired) electrons. The van der Waals surface area contributed by atoms with Crippen molar-refractivity contribution in [3.8, 4) is 0 Å². The van der Waals surface area contributed by atoms with Crippen LogP contribution in [0.2, 0.25) is 0 Å². The lowest BCUT2D eigenvalue weighted by Crippen LogP contribution is -2.45. The molecule has 0 atom stereocenters. The molecule has 0 unspecified atom stereocenters. The van der Waals surface area contributed by atoms with E-state index in [0.29, 0.717) is 6.04 Å². The van der Waals surface area contributed by atoms with E-state index in [-0.39, 0.29) is 0 Å². The maximum Gasteiger partial charge on any atom is 0.191 e. The Hall–Kier alpha value is -0.770. The Morgan fingerprint density at radius 3 is 2.58 bits per heavy atom. The first-order chi connectivity index (χ1) is 9.26. The van der Waals surface area contributed by atoms with E-state index in [2.05, 4.69) is 29.5 Å². The van der Waals surface area contributed by atoms with Crippen LogP contribution in [-0.4, -0.2) is 38.8 Å². The van der Waals surface area contributed by atoms with E-state index >= 15 is 0 Å². The number of ether oxygens (including phenoxy) is 1. The summed E-state index contributed by atoms with van der Waals surface area (Å²) in [4.78, 5) is 4.27. The van der Waals surface area contributed by atoms with Gasteiger partial charge in [-0.25, -0.2) is 0 Å². The van der Waals surface area contributed by atoms with E-state index in [1.54, 1.807) is 0 Å². The van der Waals surface area contributed by atoms with Gasteiger partial charge in [-0.05, 0) is 38.0 Å². The van der Waals surface area contributed by atoms with Crippen molar-refractivity contribution in [2.75, 3.05) is 26.8 Å². The predicted octanol–water partition coefficient (Wildman–Crippen LogP) is 2.55. The Kier molecular flexibility index (Phi) is 8.63. The van der Waals surface area contributed by atoms with Gasteiger partial charge in [0, 0.05) is 26.2 Å². The van der Waals surface area contributed by atoms with Crippen molar-refractivity contribution in [3.05, 3.63) is 0 Å². The summed E-state index contributed by atoms with van der Waals surface area (Å²) < 4.78 is 5.53. The minimum Gasteiger partial charge on any atom is -0.380 e. The van der Waals surface area contributed by atoms with Crippen LogP contribution in [0.3, 0.4) is 0 Å². The molecule has 0 heterocycles. The van der Waals surface area contributed by atoms with Crippen molar-refractivity contribution >= 4 is 5.96 Å². The Bertz CT molecular complexity index is 248. The van der Waals surface area contributed by atoms with Crippen LogP contribution in [0.5, 0.6) is 0 Å². The van der Waals surface area contributed by atoms with Crippen molar-refractivity contribution in [1.29, 1.82) is 0 Å². The van der Waals surface area contributed by atoms with Gasteiger partial charge < -0.3 is 15.4 Å². The van der Waals surface area contributed by atoms with Crippen LogP contribution in [0, 0.1) is 5.92 Å². The molecule has 0 aromatic carbocycles. The van der Waals surface area contributed by atoms with Crippen LogP contribution < -0.4 is 10.6 Å². The molecule has 1 aliphatic carbocycles. The van der Waals surface area contributed by atoms with Gasteiger partial charge in [0.1, 0.15) is 0 Å². The fraction of sp³-hybridized carbons (Fsp3) is 0.933. The Morgan fingerprint density at radius 2 is 1.95 bits per heavy atom. The average Bonchev–Trinajstić information content (AvgIpc) is 2.43. The lowest BCUT2D eigenvalue weighted by molar-refractivity contribution is 0.135. The summed E-state index contributed by atoms with van der Waals surface area (Å²) >= 11 is 0. The number of aliphatic imine (C=N–C) groups is 1. The van der Waals surface area contributed by atoms with E-state index in [9.17, 15) is 0 Å². The Morgan fingerprint density at radius 1 is 1.21 bits per heavy atom. The van der Waals surface area contributed by atoms with Crippen molar-refractivity contribution in [3.63, 3.8) is 0 Å². The lowest BCUT2D eigenvalue weighted by atomic mass is 9.87. The molecule has 4 nitrogen and oxygen atoms in total. The minimum absolute atomic E-state index is 0.586. The number of nitrogens with zero attached hydrogens (tertiary/aromatic N) is 1. The van der Waals surface area contributed by atoms with Gasteiger partial charge in [-0.15, -0.1) is 0 Å². The maximum absolute atomic E-state index is 5.53. The second-order valence-corrected chi connectivity index (χ2v) is 5.57. The van der Waals surface area contributed by atoms with E-state index in [1.165, 1.54) is 32.1 Å². The first-order valence-electron chi connectivity index (χ1n) is 7.81.